The van der Waals surface area contributed by atoms with Crippen LogP contribution in [0.15, 0.2) is 23.0 Å². The summed E-state index contributed by atoms with van der Waals surface area (Å²) in [7, 11) is 3.41. The van der Waals surface area contributed by atoms with E-state index in [9.17, 15) is 9.59 Å². The highest BCUT2D eigenvalue weighted by Gasteiger charge is 2.25. The number of carbonyl (C=O) groups is 1. The zero-order valence-electron chi connectivity index (χ0n) is 14.3. The summed E-state index contributed by atoms with van der Waals surface area (Å²) in [6, 6.07) is 5.39. The summed E-state index contributed by atoms with van der Waals surface area (Å²) >= 11 is 0. The summed E-state index contributed by atoms with van der Waals surface area (Å²) in [5.41, 5.74) is 0.419. The number of hydrogen-bond donors (Lipinski definition) is 0. The van der Waals surface area contributed by atoms with Gasteiger partial charge in [0.2, 0.25) is 12.7 Å². The number of hydrogen-bond acceptors (Lipinski definition) is 5. The molecule has 8 heteroatoms. The van der Waals surface area contributed by atoms with Gasteiger partial charge in [0.05, 0.1) is 0 Å². The number of aromatic nitrogens is 3. The van der Waals surface area contributed by atoms with E-state index in [2.05, 4.69) is 5.10 Å². The van der Waals surface area contributed by atoms with E-state index in [0.717, 1.165) is 12.1 Å². The lowest BCUT2D eigenvalue weighted by Crippen LogP contribution is -2.35. The van der Waals surface area contributed by atoms with Crippen LogP contribution >= 0.6 is 0 Å². The van der Waals surface area contributed by atoms with Gasteiger partial charge in [-0.2, -0.15) is 0 Å². The molecule has 1 aliphatic heterocycles. The average Bonchev–Trinajstić information content (AvgIpc) is 3.21. The summed E-state index contributed by atoms with van der Waals surface area (Å²) in [4.78, 5) is 26.4. The third kappa shape index (κ3) is 2.99. The first-order valence-corrected chi connectivity index (χ1v) is 8.31. The van der Waals surface area contributed by atoms with Crippen molar-refractivity contribution in [3.8, 4) is 22.9 Å². The van der Waals surface area contributed by atoms with Crippen LogP contribution in [0.25, 0.3) is 11.4 Å². The van der Waals surface area contributed by atoms with Gasteiger partial charge in [0.25, 0.3) is 0 Å². The number of likely N-dealkylation sites (N-methyl/N-ethyl adjacent to an activating group) is 1. The maximum Gasteiger partial charge on any atom is 0.346 e. The fraction of sp³-hybridized carbons (Fsp3) is 0.471. The van der Waals surface area contributed by atoms with Gasteiger partial charge < -0.3 is 14.4 Å². The second kappa shape index (κ2) is 5.94. The first-order chi connectivity index (χ1) is 12.0. The van der Waals surface area contributed by atoms with Crippen molar-refractivity contribution in [3.63, 3.8) is 0 Å². The largest absolute Gasteiger partial charge is 0.454 e. The number of carbonyl (C=O) groups excluding carboxylic acids is 1. The standard InChI is InChI=1S/C17H20N4O4/c1-19(8-11-3-4-11)15(22)9-21-17(23)20(2)16(18-21)12-5-6-13-14(7-12)25-10-24-13/h5-7,11H,3-4,8-10H2,1-2H3. The molecule has 1 saturated carbocycles. The van der Waals surface area contributed by atoms with Crippen LogP contribution in [-0.4, -0.2) is 45.5 Å². The summed E-state index contributed by atoms with van der Waals surface area (Å²) in [6.45, 7) is 0.879. The van der Waals surface area contributed by atoms with Gasteiger partial charge in [-0.15, -0.1) is 5.10 Å². The Bertz CT molecular complexity index is 881. The fourth-order valence-corrected chi connectivity index (χ4v) is 2.92. The number of nitrogens with zero attached hydrogens (tertiary/aromatic N) is 4. The monoisotopic (exact) mass is 344 g/mol. The Hall–Kier alpha value is -2.77. The lowest BCUT2D eigenvalue weighted by molar-refractivity contribution is -0.131. The maximum absolute atomic E-state index is 12.4. The molecule has 2 aliphatic rings. The van der Waals surface area contributed by atoms with Crippen molar-refractivity contribution >= 4 is 5.91 Å². The summed E-state index contributed by atoms with van der Waals surface area (Å²) in [5.74, 6) is 2.29. The first-order valence-electron chi connectivity index (χ1n) is 8.31. The quantitative estimate of drug-likeness (QED) is 0.803. The number of amides is 1. The van der Waals surface area contributed by atoms with Crippen molar-refractivity contribution in [2.45, 2.75) is 19.4 Å². The molecule has 0 radical (unpaired) electrons. The molecule has 1 fully saturated rings. The number of fused-ring (bicyclic) bond motifs is 1. The molecule has 0 unspecified atom stereocenters. The van der Waals surface area contributed by atoms with E-state index in [1.54, 1.807) is 31.1 Å². The van der Waals surface area contributed by atoms with E-state index in [4.69, 9.17) is 9.47 Å². The Morgan fingerprint density at radius 1 is 1.32 bits per heavy atom. The molecule has 0 spiro atoms. The van der Waals surface area contributed by atoms with E-state index in [1.807, 2.05) is 6.07 Å². The molecular weight excluding hydrogens is 324 g/mol. The van der Waals surface area contributed by atoms with Gasteiger partial charge in [-0.3, -0.25) is 9.36 Å². The molecule has 1 aromatic carbocycles. The maximum atomic E-state index is 12.4. The number of benzene rings is 1. The predicted molar refractivity (Wildman–Crippen MR) is 89.4 cm³/mol. The molecule has 2 aromatic rings. The zero-order valence-corrected chi connectivity index (χ0v) is 14.3. The highest BCUT2D eigenvalue weighted by atomic mass is 16.7. The van der Waals surface area contributed by atoms with Gasteiger partial charge in [0, 0.05) is 26.2 Å². The number of ether oxygens (including phenoxy) is 2. The van der Waals surface area contributed by atoms with Crippen LogP contribution in [0, 0.1) is 5.92 Å². The lowest BCUT2D eigenvalue weighted by atomic mass is 10.2. The Morgan fingerprint density at radius 3 is 2.84 bits per heavy atom. The van der Waals surface area contributed by atoms with Crippen molar-refractivity contribution in [1.29, 1.82) is 0 Å². The molecule has 2 heterocycles. The van der Waals surface area contributed by atoms with Crippen LogP contribution < -0.4 is 15.2 Å². The molecule has 0 atom stereocenters. The Balaban J connectivity index is 1.57. The average molecular weight is 344 g/mol. The summed E-state index contributed by atoms with van der Waals surface area (Å²) in [5, 5.41) is 4.35. The molecule has 25 heavy (non-hydrogen) atoms. The van der Waals surface area contributed by atoms with Crippen LogP contribution in [0.3, 0.4) is 0 Å². The van der Waals surface area contributed by atoms with Crippen molar-refractivity contribution in [3.05, 3.63) is 28.7 Å². The molecule has 1 aliphatic carbocycles. The highest BCUT2D eigenvalue weighted by Crippen LogP contribution is 2.35. The molecule has 0 saturated heterocycles. The van der Waals surface area contributed by atoms with Crippen LogP contribution in [0.2, 0.25) is 0 Å². The Morgan fingerprint density at radius 2 is 2.08 bits per heavy atom. The normalized spacial score (nSPS) is 15.4. The molecule has 8 nitrogen and oxygen atoms in total. The molecular formula is C17H20N4O4. The highest BCUT2D eigenvalue weighted by molar-refractivity contribution is 5.75. The molecule has 0 N–H and O–H groups in total. The van der Waals surface area contributed by atoms with Crippen LogP contribution in [-0.2, 0) is 18.4 Å². The first kappa shape index (κ1) is 15.7. The van der Waals surface area contributed by atoms with E-state index >= 15 is 0 Å². The molecule has 132 valence electrons. The van der Waals surface area contributed by atoms with Gasteiger partial charge in [-0.05, 0) is 37.0 Å². The van der Waals surface area contributed by atoms with Crippen LogP contribution in [0.4, 0.5) is 0 Å². The van der Waals surface area contributed by atoms with Crippen molar-refractivity contribution in [2.24, 2.45) is 13.0 Å². The third-order valence-electron chi connectivity index (χ3n) is 4.61. The summed E-state index contributed by atoms with van der Waals surface area (Å²) < 4.78 is 13.3. The van der Waals surface area contributed by atoms with E-state index < -0.39 is 0 Å². The fourth-order valence-electron chi connectivity index (χ4n) is 2.92. The third-order valence-corrected chi connectivity index (χ3v) is 4.61. The predicted octanol–water partition coefficient (Wildman–Crippen LogP) is 0.846. The van der Waals surface area contributed by atoms with E-state index in [0.29, 0.717) is 23.2 Å². The number of rotatable bonds is 5. The van der Waals surface area contributed by atoms with Gasteiger partial charge in [0.15, 0.2) is 17.3 Å². The van der Waals surface area contributed by atoms with Crippen LogP contribution in [0.5, 0.6) is 11.5 Å². The Labute approximate surface area is 144 Å². The molecule has 0 bridgehead atoms. The minimum Gasteiger partial charge on any atom is -0.454 e. The Kier molecular flexibility index (Phi) is 3.74. The second-order valence-corrected chi connectivity index (χ2v) is 6.61. The van der Waals surface area contributed by atoms with E-state index in [1.165, 1.54) is 22.1 Å². The minimum atomic E-state index is -0.319. The van der Waals surface area contributed by atoms with Crippen molar-refractivity contribution < 1.29 is 14.3 Å². The van der Waals surface area contributed by atoms with Gasteiger partial charge in [0.1, 0.15) is 6.54 Å². The molecule has 1 aromatic heterocycles. The zero-order chi connectivity index (χ0) is 17.6. The molecule has 4 rings (SSSR count). The topological polar surface area (TPSA) is 78.6 Å². The lowest BCUT2D eigenvalue weighted by Gasteiger charge is -2.16. The van der Waals surface area contributed by atoms with Gasteiger partial charge in [-0.25, -0.2) is 9.48 Å². The second-order valence-electron chi connectivity index (χ2n) is 6.61. The van der Waals surface area contributed by atoms with Crippen LogP contribution in [0.1, 0.15) is 12.8 Å². The van der Waals surface area contributed by atoms with Gasteiger partial charge >= 0.3 is 5.69 Å². The minimum absolute atomic E-state index is 0.0551. The molecule has 1 amide bonds. The SMILES string of the molecule is CN(CC1CC1)C(=O)Cn1nc(-c2ccc3c(c2)OCO3)n(C)c1=O. The summed E-state index contributed by atoms with van der Waals surface area (Å²) in [6.07, 6.45) is 2.35. The van der Waals surface area contributed by atoms with Crippen molar-refractivity contribution in [1.82, 2.24) is 19.2 Å². The van der Waals surface area contributed by atoms with Gasteiger partial charge in [-0.1, -0.05) is 0 Å². The van der Waals surface area contributed by atoms with Crippen molar-refractivity contribution in [2.75, 3.05) is 20.4 Å². The smallest absolute Gasteiger partial charge is 0.346 e. The van der Waals surface area contributed by atoms with E-state index in [-0.39, 0.29) is 24.9 Å².